The van der Waals surface area contributed by atoms with Crippen LogP contribution in [0.25, 0.3) is 0 Å². The third kappa shape index (κ3) is 6.77. The number of nitrogens with one attached hydrogen (secondary N) is 1. The van der Waals surface area contributed by atoms with Crippen LogP contribution in [0, 0.1) is 5.41 Å². The average Bonchev–Trinajstić information content (AvgIpc) is 1.96. The molecule has 0 aliphatic carbocycles. The SMILES string of the molecule is CC(C)(C)CC(=O)NCC(O)C(F)F. The van der Waals surface area contributed by atoms with Crippen molar-refractivity contribution in [1.82, 2.24) is 5.32 Å². The average molecular weight is 209 g/mol. The van der Waals surface area contributed by atoms with Gasteiger partial charge in [-0.3, -0.25) is 4.79 Å². The van der Waals surface area contributed by atoms with Crippen LogP contribution in [-0.4, -0.2) is 30.1 Å². The molecule has 5 heteroatoms. The number of carbonyl (C=O) groups is 1. The minimum absolute atomic E-state index is 0.181. The van der Waals surface area contributed by atoms with E-state index in [0.29, 0.717) is 0 Å². The van der Waals surface area contributed by atoms with Crippen molar-refractivity contribution in [2.75, 3.05) is 6.54 Å². The van der Waals surface area contributed by atoms with E-state index in [1.165, 1.54) is 0 Å². The highest BCUT2D eigenvalue weighted by molar-refractivity contribution is 5.76. The second-order valence-electron chi connectivity index (χ2n) is 4.44. The fourth-order valence-electron chi connectivity index (χ4n) is 0.852. The number of aliphatic hydroxyl groups is 1. The lowest BCUT2D eigenvalue weighted by Crippen LogP contribution is -2.37. The number of hydrogen-bond donors (Lipinski definition) is 2. The van der Waals surface area contributed by atoms with Gasteiger partial charge in [-0.1, -0.05) is 20.8 Å². The summed E-state index contributed by atoms with van der Waals surface area (Å²) >= 11 is 0. The highest BCUT2D eigenvalue weighted by atomic mass is 19.3. The van der Waals surface area contributed by atoms with Crippen LogP contribution in [-0.2, 0) is 4.79 Å². The molecule has 0 aromatic rings. The van der Waals surface area contributed by atoms with Crippen LogP contribution in [0.4, 0.5) is 8.78 Å². The quantitative estimate of drug-likeness (QED) is 0.730. The molecule has 84 valence electrons. The van der Waals surface area contributed by atoms with Crippen LogP contribution < -0.4 is 5.32 Å². The van der Waals surface area contributed by atoms with E-state index in [4.69, 9.17) is 5.11 Å². The number of rotatable bonds is 4. The second kappa shape index (κ2) is 5.24. The minimum atomic E-state index is -2.81. The zero-order valence-electron chi connectivity index (χ0n) is 8.68. The Kier molecular flexibility index (Phi) is 4.97. The molecule has 0 fully saturated rings. The van der Waals surface area contributed by atoms with Crippen molar-refractivity contribution in [2.24, 2.45) is 5.41 Å². The molecule has 14 heavy (non-hydrogen) atoms. The van der Waals surface area contributed by atoms with Crippen molar-refractivity contribution in [3.05, 3.63) is 0 Å². The minimum Gasteiger partial charge on any atom is -0.385 e. The van der Waals surface area contributed by atoms with Crippen LogP contribution in [0.1, 0.15) is 27.2 Å². The van der Waals surface area contributed by atoms with Crippen LogP contribution in [0.2, 0.25) is 0 Å². The molecule has 0 radical (unpaired) electrons. The summed E-state index contributed by atoms with van der Waals surface area (Å²) < 4.78 is 23.6. The lowest BCUT2D eigenvalue weighted by atomic mass is 9.92. The normalized spacial score (nSPS) is 14.2. The molecule has 0 bridgehead atoms. The van der Waals surface area contributed by atoms with E-state index in [0.717, 1.165) is 0 Å². The maximum Gasteiger partial charge on any atom is 0.265 e. The van der Waals surface area contributed by atoms with E-state index in [9.17, 15) is 13.6 Å². The Morgan fingerprint density at radius 3 is 2.29 bits per heavy atom. The summed E-state index contributed by atoms with van der Waals surface area (Å²) in [6.07, 6.45) is -4.34. The largest absolute Gasteiger partial charge is 0.385 e. The number of amides is 1. The number of halogens is 2. The van der Waals surface area contributed by atoms with Crippen LogP contribution in [0.15, 0.2) is 0 Å². The monoisotopic (exact) mass is 209 g/mol. The lowest BCUT2D eigenvalue weighted by Gasteiger charge is -2.18. The number of alkyl halides is 2. The third-order valence-corrected chi connectivity index (χ3v) is 1.49. The summed E-state index contributed by atoms with van der Waals surface area (Å²) in [7, 11) is 0. The number of hydrogen-bond acceptors (Lipinski definition) is 2. The summed E-state index contributed by atoms with van der Waals surface area (Å²) in [6.45, 7) is 5.22. The Morgan fingerprint density at radius 1 is 1.43 bits per heavy atom. The number of aliphatic hydroxyl groups excluding tert-OH is 1. The van der Waals surface area contributed by atoms with Gasteiger partial charge in [0.15, 0.2) is 0 Å². The summed E-state index contributed by atoms with van der Waals surface area (Å²) in [5.74, 6) is -0.322. The van der Waals surface area contributed by atoms with Gasteiger partial charge in [0.2, 0.25) is 5.91 Å². The summed E-state index contributed by atoms with van der Waals surface area (Å²) in [4.78, 5) is 11.1. The molecule has 0 aromatic carbocycles. The molecule has 0 rings (SSSR count). The topological polar surface area (TPSA) is 49.3 Å². The molecule has 1 amide bonds. The maximum atomic E-state index is 11.8. The Hall–Kier alpha value is -0.710. The van der Waals surface area contributed by atoms with Crippen LogP contribution in [0.5, 0.6) is 0 Å². The van der Waals surface area contributed by atoms with Gasteiger partial charge in [-0.05, 0) is 5.41 Å². The third-order valence-electron chi connectivity index (χ3n) is 1.49. The Labute approximate surface area is 82.5 Å². The smallest absolute Gasteiger partial charge is 0.265 e. The van der Waals surface area contributed by atoms with Gasteiger partial charge in [0.25, 0.3) is 6.43 Å². The Morgan fingerprint density at radius 2 is 1.93 bits per heavy atom. The van der Waals surface area contributed by atoms with Crippen molar-refractivity contribution >= 4 is 5.91 Å². The molecule has 0 saturated carbocycles. The molecule has 0 spiro atoms. The molecule has 0 aliphatic rings. The molecular formula is C9H17F2NO2. The first-order valence-corrected chi connectivity index (χ1v) is 4.45. The summed E-state index contributed by atoms with van der Waals surface area (Å²) in [5.41, 5.74) is -0.181. The van der Waals surface area contributed by atoms with E-state index >= 15 is 0 Å². The lowest BCUT2D eigenvalue weighted by molar-refractivity contribution is -0.123. The Bertz CT molecular complexity index is 190. The predicted octanol–water partition coefficient (Wildman–Crippen LogP) is 1.16. The van der Waals surface area contributed by atoms with Crippen LogP contribution in [0.3, 0.4) is 0 Å². The van der Waals surface area contributed by atoms with Crippen molar-refractivity contribution < 1.29 is 18.7 Å². The molecular weight excluding hydrogens is 192 g/mol. The molecule has 1 atom stereocenters. The summed E-state index contributed by atoms with van der Waals surface area (Å²) in [6, 6.07) is 0. The van der Waals surface area contributed by atoms with E-state index in [1.54, 1.807) is 0 Å². The van der Waals surface area contributed by atoms with Gasteiger partial charge in [0.1, 0.15) is 6.10 Å². The van der Waals surface area contributed by atoms with Crippen LogP contribution >= 0.6 is 0 Å². The molecule has 0 aromatic heterocycles. The standard InChI is InChI=1S/C9H17F2NO2/c1-9(2,3)4-7(14)12-5-6(13)8(10)11/h6,8,13H,4-5H2,1-3H3,(H,12,14). The van der Waals surface area contributed by atoms with E-state index in [2.05, 4.69) is 5.32 Å². The van der Waals surface area contributed by atoms with Gasteiger partial charge in [0.05, 0.1) is 0 Å². The number of carbonyl (C=O) groups excluding carboxylic acids is 1. The van der Waals surface area contributed by atoms with Gasteiger partial charge in [-0.2, -0.15) is 0 Å². The van der Waals surface area contributed by atoms with Crippen molar-refractivity contribution in [3.63, 3.8) is 0 Å². The molecule has 0 aliphatic heterocycles. The molecule has 0 heterocycles. The van der Waals surface area contributed by atoms with Gasteiger partial charge >= 0.3 is 0 Å². The first-order valence-electron chi connectivity index (χ1n) is 4.45. The first-order chi connectivity index (χ1) is 6.22. The first kappa shape index (κ1) is 13.3. The maximum absolute atomic E-state index is 11.8. The second-order valence-corrected chi connectivity index (χ2v) is 4.44. The molecule has 3 nitrogen and oxygen atoms in total. The fraction of sp³-hybridized carbons (Fsp3) is 0.889. The van der Waals surface area contributed by atoms with Crippen molar-refractivity contribution in [1.29, 1.82) is 0 Å². The fourth-order valence-corrected chi connectivity index (χ4v) is 0.852. The molecule has 2 N–H and O–H groups in total. The van der Waals surface area contributed by atoms with E-state index in [-0.39, 0.29) is 17.7 Å². The summed E-state index contributed by atoms with van der Waals surface area (Å²) in [5, 5.41) is 11.0. The van der Waals surface area contributed by atoms with Crippen molar-refractivity contribution in [2.45, 2.75) is 39.7 Å². The van der Waals surface area contributed by atoms with Gasteiger partial charge in [-0.25, -0.2) is 8.78 Å². The zero-order chi connectivity index (χ0) is 11.4. The highest BCUT2D eigenvalue weighted by Crippen LogP contribution is 2.17. The molecule has 0 saturated heterocycles. The van der Waals surface area contributed by atoms with Gasteiger partial charge in [0, 0.05) is 13.0 Å². The predicted molar refractivity (Wildman–Crippen MR) is 49.1 cm³/mol. The Balaban J connectivity index is 3.75. The van der Waals surface area contributed by atoms with Crippen molar-refractivity contribution in [3.8, 4) is 0 Å². The van der Waals surface area contributed by atoms with Gasteiger partial charge < -0.3 is 10.4 Å². The molecule has 1 unspecified atom stereocenters. The zero-order valence-corrected chi connectivity index (χ0v) is 8.68. The highest BCUT2D eigenvalue weighted by Gasteiger charge is 2.20. The van der Waals surface area contributed by atoms with Gasteiger partial charge in [-0.15, -0.1) is 0 Å². The van der Waals surface area contributed by atoms with E-state index in [1.807, 2.05) is 20.8 Å². The van der Waals surface area contributed by atoms with E-state index < -0.39 is 19.1 Å².